The van der Waals surface area contributed by atoms with Crippen molar-refractivity contribution >= 4 is 46.5 Å². The Kier molecular flexibility index (Phi) is 7.11. The van der Waals surface area contributed by atoms with E-state index in [4.69, 9.17) is 9.47 Å². The van der Waals surface area contributed by atoms with Gasteiger partial charge in [0.2, 0.25) is 0 Å². The highest BCUT2D eigenvalue weighted by Crippen LogP contribution is 2.34. The minimum atomic E-state index is -0.0847. The summed E-state index contributed by atoms with van der Waals surface area (Å²) in [6.07, 6.45) is 2.30. The van der Waals surface area contributed by atoms with Gasteiger partial charge >= 0.3 is 0 Å². The molecule has 7 heteroatoms. The van der Waals surface area contributed by atoms with Gasteiger partial charge in [-0.2, -0.15) is 0 Å². The van der Waals surface area contributed by atoms with E-state index in [1.165, 1.54) is 0 Å². The van der Waals surface area contributed by atoms with Crippen molar-refractivity contribution < 1.29 is 9.47 Å². The molecule has 4 aromatic rings. The molecular formula is C22H22Cl2N2O3. The molecule has 152 valence electrons. The number of benzene rings is 2. The molecule has 0 fully saturated rings. The van der Waals surface area contributed by atoms with E-state index < -0.39 is 0 Å². The van der Waals surface area contributed by atoms with Crippen LogP contribution in [0.3, 0.4) is 0 Å². The molecule has 4 rings (SSSR count). The molecule has 0 spiro atoms. The average Bonchev–Trinajstić information content (AvgIpc) is 2.70. The number of H-pyrrole nitrogens is 1. The fourth-order valence-electron chi connectivity index (χ4n) is 3.49. The van der Waals surface area contributed by atoms with E-state index >= 15 is 0 Å². The fraction of sp³-hybridized carbons (Fsp3) is 0.182. The summed E-state index contributed by atoms with van der Waals surface area (Å²) in [5.41, 5.74) is 3.43. The highest BCUT2D eigenvalue weighted by atomic mass is 35.5. The first kappa shape index (κ1) is 22.5. The molecule has 0 saturated carbocycles. The summed E-state index contributed by atoms with van der Waals surface area (Å²) in [5.74, 6) is 1.25. The van der Waals surface area contributed by atoms with Crippen LogP contribution in [0.4, 0.5) is 0 Å². The smallest absolute Gasteiger partial charge is 0.252 e. The van der Waals surface area contributed by atoms with Crippen molar-refractivity contribution in [2.75, 3.05) is 14.2 Å². The molecule has 2 aromatic carbocycles. The van der Waals surface area contributed by atoms with Gasteiger partial charge < -0.3 is 14.5 Å². The third kappa shape index (κ3) is 4.16. The standard InChI is InChI=1S/C22H20N2O3.2ClH/c1-13-16-11-20(26-2)21(27-3)12-17(16)18(22(25)24-13)10-14-6-7-19-15(9-14)5-4-8-23-19;;/h4-9,11-12H,10H2,1-3H3,(H,24,25);2*1H. The summed E-state index contributed by atoms with van der Waals surface area (Å²) >= 11 is 0. The van der Waals surface area contributed by atoms with E-state index in [0.29, 0.717) is 23.5 Å². The maximum absolute atomic E-state index is 12.7. The molecule has 0 radical (unpaired) electrons. The molecule has 2 aromatic heterocycles. The first-order valence-electron chi connectivity index (χ1n) is 8.72. The summed E-state index contributed by atoms with van der Waals surface area (Å²) < 4.78 is 10.9. The summed E-state index contributed by atoms with van der Waals surface area (Å²) in [7, 11) is 3.20. The summed E-state index contributed by atoms with van der Waals surface area (Å²) in [5, 5.41) is 2.88. The van der Waals surface area contributed by atoms with Crippen LogP contribution in [0.25, 0.3) is 21.7 Å². The van der Waals surface area contributed by atoms with E-state index in [9.17, 15) is 4.79 Å². The Labute approximate surface area is 180 Å². The number of halogens is 2. The van der Waals surface area contributed by atoms with E-state index in [1.54, 1.807) is 20.4 Å². The van der Waals surface area contributed by atoms with Crippen LogP contribution in [0.1, 0.15) is 16.8 Å². The quantitative estimate of drug-likeness (QED) is 0.501. The normalized spacial score (nSPS) is 10.3. The van der Waals surface area contributed by atoms with Gasteiger partial charge in [-0.15, -0.1) is 24.8 Å². The monoisotopic (exact) mass is 432 g/mol. The number of ether oxygens (including phenoxy) is 2. The van der Waals surface area contributed by atoms with Gasteiger partial charge in [0.1, 0.15) is 0 Å². The Morgan fingerprint density at radius 3 is 2.34 bits per heavy atom. The van der Waals surface area contributed by atoms with Gasteiger partial charge in [-0.1, -0.05) is 12.1 Å². The lowest BCUT2D eigenvalue weighted by molar-refractivity contribution is 0.356. The number of methoxy groups -OCH3 is 2. The van der Waals surface area contributed by atoms with Crippen molar-refractivity contribution in [3.05, 3.63) is 75.8 Å². The van der Waals surface area contributed by atoms with Gasteiger partial charge in [0.05, 0.1) is 19.7 Å². The molecule has 0 aliphatic heterocycles. The van der Waals surface area contributed by atoms with Crippen LogP contribution >= 0.6 is 24.8 Å². The molecule has 2 heterocycles. The SMILES string of the molecule is COc1cc2c(C)[nH]c(=O)c(Cc3ccc4ncccc4c3)c2cc1OC.Cl.Cl. The first-order chi connectivity index (χ1) is 13.1. The van der Waals surface area contributed by atoms with Crippen molar-refractivity contribution in [3.63, 3.8) is 0 Å². The van der Waals surface area contributed by atoms with Crippen molar-refractivity contribution in [2.24, 2.45) is 0 Å². The maximum Gasteiger partial charge on any atom is 0.252 e. The number of hydrogen-bond acceptors (Lipinski definition) is 4. The van der Waals surface area contributed by atoms with E-state index in [-0.39, 0.29) is 30.4 Å². The molecular weight excluding hydrogens is 411 g/mol. The maximum atomic E-state index is 12.7. The Hall–Kier alpha value is -2.76. The number of aryl methyl sites for hydroxylation is 1. The van der Waals surface area contributed by atoms with Crippen molar-refractivity contribution in [1.29, 1.82) is 0 Å². The Bertz CT molecular complexity index is 1220. The first-order valence-corrected chi connectivity index (χ1v) is 8.72. The van der Waals surface area contributed by atoms with Gasteiger partial charge in [0.25, 0.3) is 5.56 Å². The number of nitrogens with one attached hydrogen (secondary N) is 1. The number of rotatable bonds is 4. The lowest BCUT2D eigenvalue weighted by Gasteiger charge is -2.13. The highest BCUT2D eigenvalue weighted by Gasteiger charge is 2.14. The van der Waals surface area contributed by atoms with Crippen LogP contribution in [0.2, 0.25) is 0 Å². The van der Waals surface area contributed by atoms with E-state index in [2.05, 4.69) is 16.0 Å². The Morgan fingerprint density at radius 2 is 1.66 bits per heavy atom. The second-order valence-corrected chi connectivity index (χ2v) is 6.52. The number of aromatic amines is 1. The third-order valence-electron chi connectivity index (χ3n) is 4.88. The Balaban J connectivity index is 0.00000150. The predicted octanol–water partition coefficient (Wildman–Crippen LogP) is 4.84. The van der Waals surface area contributed by atoms with E-state index in [0.717, 1.165) is 32.9 Å². The number of nitrogens with zero attached hydrogens (tertiary/aromatic N) is 1. The number of pyridine rings is 2. The van der Waals surface area contributed by atoms with Crippen LogP contribution in [-0.4, -0.2) is 24.2 Å². The topological polar surface area (TPSA) is 64.2 Å². The zero-order valence-electron chi connectivity index (χ0n) is 16.3. The van der Waals surface area contributed by atoms with Crippen molar-refractivity contribution in [1.82, 2.24) is 9.97 Å². The fourth-order valence-corrected chi connectivity index (χ4v) is 3.49. The minimum absolute atomic E-state index is 0. The molecule has 0 unspecified atom stereocenters. The molecule has 0 amide bonds. The molecule has 0 aliphatic rings. The molecule has 0 atom stereocenters. The summed E-state index contributed by atoms with van der Waals surface area (Å²) in [6.45, 7) is 1.89. The molecule has 0 saturated heterocycles. The van der Waals surface area contributed by atoms with Gasteiger partial charge in [0, 0.05) is 34.6 Å². The van der Waals surface area contributed by atoms with Crippen molar-refractivity contribution in [3.8, 4) is 11.5 Å². The molecule has 5 nitrogen and oxygen atoms in total. The second-order valence-electron chi connectivity index (χ2n) is 6.52. The van der Waals surface area contributed by atoms with Crippen LogP contribution in [0, 0.1) is 6.92 Å². The Morgan fingerprint density at radius 1 is 0.966 bits per heavy atom. The molecule has 29 heavy (non-hydrogen) atoms. The average molecular weight is 433 g/mol. The number of aromatic nitrogens is 2. The van der Waals surface area contributed by atoms with Gasteiger partial charge in [-0.3, -0.25) is 9.78 Å². The predicted molar refractivity (Wildman–Crippen MR) is 121 cm³/mol. The number of hydrogen-bond donors (Lipinski definition) is 1. The third-order valence-corrected chi connectivity index (χ3v) is 4.88. The zero-order chi connectivity index (χ0) is 19.0. The summed E-state index contributed by atoms with van der Waals surface area (Å²) in [6, 6.07) is 13.8. The second kappa shape index (κ2) is 9.16. The molecule has 0 bridgehead atoms. The minimum Gasteiger partial charge on any atom is -0.493 e. The van der Waals surface area contributed by atoms with Gasteiger partial charge in [-0.25, -0.2) is 0 Å². The molecule has 1 N–H and O–H groups in total. The van der Waals surface area contributed by atoms with Crippen LogP contribution in [-0.2, 0) is 6.42 Å². The lowest BCUT2D eigenvalue weighted by atomic mass is 9.97. The van der Waals surface area contributed by atoms with Gasteiger partial charge in [0.15, 0.2) is 11.5 Å². The highest BCUT2D eigenvalue weighted by molar-refractivity contribution is 5.91. The van der Waals surface area contributed by atoms with Crippen LogP contribution < -0.4 is 15.0 Å². The van der Waals surface area contributed by atoms with Crippen LogP contribution in [0.5, 0.6) is 11.5 Å². The zero-order valence-corrected chi connectivity index (χ0v) is 17.9. The van der Waals surface area contributed by atoms with Crippen molar-refractivity contribution in [2.45, 2.75) is 13.3 Å². The van der Waals surface area contributed by atoms with Crippen LogP contribution in [0.15, 0.2) is 53.5 Å². The largest absolute Gasteiger partial charge is 0.493 e. The molecule has 0 aliphatic carbocycles. The number of fused-ring (bicyclic) bond motifs is 2. The lowest BCUT2D eigenvalue weighted by Crippen LogP contribution is -2.15. The summed E-state index contributed by atoms with van der Waals surface area (Å²) in [4.78, 5) is 20.1. The van der Waals surface area contributed by atoms with E-state index in [1.807, 2.05) is 43.3 Å². The van der Waals surface area contributed by atoms with Gasteiger partial charge in [-0.05, 0) is 48.2 Å².